The van der Waals surface area contributed by atoms with Crippen LogP contribution in [-0.2, 0) is 11.2 Å². The van der Waals surface area contributed by atoms with Gasteiger partial charge in [0.15, 0.2) is 0 Å². The molecular formula is C30H33BN6O5. The summed E-state index contributed by atoms with van der Waals surface area (Å²) in [5.74, 6) is -1.82. The maximum Gasteiger partial charge on any atom is 0.475 e. The molecular weight excluding hydrogens is 535 g/mol. The Bertz CT molecular complexity index is 1360. The topological polar surface area (TPSA) is 167 Å². The van der Waals surface area contributed by atoms with Crippen LogP contribution in [0.4, 0.5) is 0 Å². The summed E-state index contributed by atoms with van der Waals surface area (Å²) in [5, 5.41) is 24.5. The van der Waals surface area contributed by atoms with Gasteiger partial charge in [-0.2, -0.15) is 0 Å². The average molecular weight is 568 g/mol. The number of amides is 2. The number of nitrogens with zero attached hydrogens (tertiary/aromatic N) is 4. The molecule has 0 bridgehead atoms. The van der Waals surface area contributed by atoms with Crippen LogP contribution < -0.4 is 10.6 Å². The minimum atomic E-state index is -1.69. The predicted molar refractivity (Wildman–Crippen MR) is 157 cm³/mol. The van der Waals surface area contributed by atoms with E-state index in [9.17, 15) is 24.4 Å². The van der Waals surface area contributed by atoms with E-state index in [2.05, 4.69) is 30.6 Å². The van der Waals surface area contributed by atoms with Gasteiger partial charge in [0.05, 0.1) is 18.3 Å². The van der Waals surface area contributed by atoms with Gasteiger partial charge in [0, 0.05) is 36.8 Å². The Morgan fingerprint density at radius 1 is 0.786 bits per heavy atom. The molecule has 0 radical (unpaired) electrons. The van der Waals surface area contributed by atoms with Gasteiger partial charge in [-0.3, -0.25) is 24.4 Å². The molecule has 0 spiro atoms. The fourth-order valence-corrected chi connectivity index (χ4v) is 3.91. The van der Waals surface area contributed by atoms with Crippen LogP contribution in [-0.4, -0.2) is 66.7 Å². The molecule has 0 saturated carbocycles. The van der Waals surface area contributed by atoms with Crippen LogP contribution in [0.2, 0.25) is 0 Å². The predicted octanol–water partition coefficient (Wildman–Crippen LogP) is 2.07. The first kappa shape index (κ1) is 31.7. The van der Waals surface area contributed by atoms with Gasteiger partial charge in [-0.1, -0.05) is 74.5 Å². The highest BCUT2D eigenvalue weighted by Crippen LogP contribution is 2.09. The average Bonchev–Trinajstić information content (AvgIpc) is 3.02. The molecule has 0 fully saturated rings. The van der Waals surface area contributed by atoms with Crippen molar-refractivity contribution in [2.75, 3.05) is 0 Å². The van der Waals surface area contributed by atoms with Crippen LogP contribution in [0.25, 0.3) is 0 Å². The van der Waals surface area contributed by atoms with Gasteiger partial charge >= 0.3 is 7.12 Å². The molecule has 0 aliphatic rings. The summed E-state index contributed by atoms with van der Waals surface area (Å²) >= 11 is 0. The third-order valence-corrected chi connectivity index (χ3v) is 5.94. The Kier molecular flexibility index (Phi) is 12.4. The molecule has 0 unspecified atom stereocenters. The first-order valence-electron chi connectivity index (χ1n) is 13.4. The van der Waals surface area contributed by atoms with E-state index < -0.39 is 30.9 Å². The number of benzene rings is 2. The summed E-state index contributed by atoms with van der Waals surface area (Å²) < 4.78 is 0. The van der Waals surface area contributed by atoms with Crippen molar-refractivity contribution in [2.45, 2.75) is 38.7 Å². The van der Waals surface area contributed by atoms with Gasteiger partial charge in [0.2, 0.25) is 11.7 Å². The Hall–Kier alpha value is -4.81. The van der Waals surface area contributed by atoms with Crippen molar-refractivity contribution in [1.29, 1.82) is 0 Å². The molecule has 2 aromatic carbocycles. The molecule has 4 rings (SSSR count). The van der Waals surface area contributed by atoms with E-state index in [0.29, 0.717) is 17.7 Å². The Morgan fingerprint density at radius 3 is 1.88 bits per heavy atom. The van der Waals surface area contributed by atoms with Crippen LogP contribution in [0.15, 0.2) is 97.8 Å². The van der Waals surface area contributed by atoms with Crippen LogP contribution >= 0.6 is 0 Å². The highest BCUT2D eigenvalue weighted by molar-refractivity contribution is 6.43. The number of nitrogens with one attached hydrogen (secondary N) is 2. The van der Waals surface area contributed by atoms with Crippen molar-refractivity contribution in [2.24, 2.45) is 5.92 Å². The Balaban J connectivity index is 0.000000287. The summed E-state index contributed by atoms with van der Waals surface area (Å²) in [6, 6.07) is 17.4. The molecule has 2 heterocycles. The lowest BCUT2D eigenvalue weighted by Crippen LogP contribution is -2.55. The van der Waals surface area contributed by atoms with E-state index in [4.69, 9.17) is 0 Å². The fraction of sp³-hybridized carbons (Fsp3) is 0.233. The molecule has 42 heavy (non-hydrogen) atoms. The summed E-state index contributed by atoms with van der Waals surface area (Å²) in [6.07, 6.45) is 9.30. The highest BCUT2D eigenvalue weighted by atomic mass is 16.4. The monoisotopic (exact) mass is 568 g/mol. The fourth-order valence-electron chi connectivity index (χ4n) is 3.91. The van der Waals surface area contributed by atoms with Gasteiger partial charge in [-0.15, -0.1) is 0 Å². The molecule has 0 aliphatic heterocycles. The molecule has 4 aromatic rings. The molecule has 2 amide bonds. The van der Waals surface area contributed by atoms with Gasteiger partial charge in [-0.05, 0) is 17.9 Å². The second kappa shape index (κ2) is 16.5. The Labute approximate surface area is 244 Å². The van der Waals surface area contributed by atoms with Crippen LogP contribution in [0.3, 0.4) is 0 Å². The number of rotatable bonds is 11. The summed E-state index contributed by atoms with van der Waals surface area (Å²) in [7, 11) is -1.69. The zero-order valence-electron chi connectivity index (χ0n) is 23.4. The SMILES string of the molecule is CC(C)C[C@H](NC(=O)[C@H](Cc1ccccc1)NC(=O)c1cnccn1)B(O)O.O=C(c1ccccc1)c1cnccn1. The normalized spacial score (nSPS) is 11.8. The van der Waals surface area contributed by atoms with Crippen molar-refractivity contribution < 1.29 is 24.4 Å². The third-order valence-electron chi connectivity index (χ3n) is 5.94. The molecule has 0 aliphatic carbocycles. The second-order valence-electron chi connectivity index (χ2n) is 9.75. The second-order valence-corrected chi connectivity index (χ2v) is 9.75. The van der Waals surface area contributed by atoms with E-state index in [1.54, 1.807) is 18.3 Å². The van der Waals surface area contributed by atoms with Gasteiger partial charge in [0.25, 0.3) is 5.91 Å². The van der Waals surface area contributed by atoms with Crippen molar-refractivity contribution in [3.63, 3.8) is 0 Å². The number of carbonyl (C=O) groups is 3. The van der Waals surface area contributed by atoms with E-state index >= 15 is 0 Å². The van der Waals surface area contributed by atoms with E-state index in [1.807, 2.05) is 62.4 Å². The summed E-state index contributed by atoms with van der Waals surface area (Å²) in [6.45, 7) is 3.83. The zero-order chi connectivity index (χ0) is 30.3. The summed E-state index contributed by atoms with van der Waals surface area (Å²) in [5.41, 5.74) is 1.95. The van der Waals surface area contributed by atoms with Crippen molar-refractivity contribution in [3.8, 4) is 0 Å². The molecule has 12 heteroatoms. The zero-order valence-corrected chi connectivity index (χ0v) is 23.4. The van der Waals surface area contributed by atoms with Crippen LogP contribution in [0.1, 0.15) is 52.4 Å². The first-order valence-corrected chi connectivity index (χ1v) is 13.4. The smallest absolute Gasteiger partial charge is 0.426 e. The van der Waals surface area contributed by atoms with Gasteiger partial charge in [-0.25, -0.2) is 9.97 Å². The number of ketones is 1. The Morgan fingerprint density at radius 2 is 1.36 bits per heavy atom. The van der Waals surface area contributed by atoms with Crippen molar-refractivity contribution in [1.82, 2.24) is 30.6 Å². The largest absolute Gasteiger partial charge is 0.475 e. The van der Waals surface area contributed by atoms with Crippen molar-refractivity contribution >= 4 is 24.7 Å². The first-order chi connectivity index (χ1) is 20.2. The minimum Gasteiger partial charge on any atom is -0.426 e. The lowest BCUT2D eigenvalue weighted by Gasteiger charge is -2.24. The maximum atomic E-state index is 12.8. The molecule has 216 valence electrons. The van der Waals surface area contributed by atoms with E-state index in [1.165, 1.54) is 31.0 Å². The highest BCUT2D eigenvalue weighted by Gasteiger charge is 2.30. The number of carbonyl (C=O) groups excluding carboxylic acids is 3. The van der Waals surface area contributed by atoms with Gasteiger partial charge in [0.1, 0.15) is 17.4 Å². The molecule has 2 aromatic heterocycles. The lowest BCUT2D eigenvalue weighted by molar-refractivity contribution is -0.123. The van der Waals surface area contributed by atoms with Crippen molar-refractivity contribution in [3.05, 3.63) is 120 Å². The lowest BCUT2D eigenvalue weighted by atomic mass is 9.75. The quantitative estimate of drug-likeness (QED) is 0.156. The number of hydrogen-bond donors (Lipinski definition) is 4. The number of aromatic nitrogens is 4. The molecule has 0 saturated heterocycles. The minimum absolute atomic E-state index is 0.0919. The summed E-state index contributed by atoms with van der Waals surface area (Å²) in [4.78, 5) is 52.6. The molecule has 4 N–H and O–H groups in total. The standard InChI is InChI=1S/C19H25BN4O4.C11H8N2O/c1-13(2)10-17(20(27)28)24-18(25)15(11-14-6-4-3-5-7-14)23-19(26)16-12-21-8-9-22-16;14-11(9-4-2-1-3-5-9)10-8-12-6-7-13-10/h3-9,12-13,15,17,27-28H,10-11H2,1-2H3,(H,23,26)(H,24,25);1-8H/t15-,17-;/m0./s1. The van der Waals surface area contributed by atoms with Crippen LogP contribution in [0.5, 0.6) is 0 Å². The number of hydrogen-bond acceptors (Lipinski definition) is 9. The molecule has 11 nitrogen and oxygen atoms in total. The van der Waals surface area contributed by atoms with Gasteiger partial charge < -0.3 is 20.7 Å². The third kappa shape index (κ3) is 10.3. The van der Waals surface area contributed by atoms with E-state index in [-0.39, 0.29) is 23.8 Å². The van der Waals surface area contributed by atoms with E-state index in [0.717, 1.165) is 5.56 Å². The maximum absolute atomic E-state index is 12.8. The molecule has 2 atom stereocenters. The van der Waals surface area contributed by atoms with Crippen LogP contribution in [0, 0.1) is 5.92 Å².